The highest BCUT2D eigenvalue weighted by molar-refractivity contribution is 7.89. The van der Waals surface area contributed by atoms with Crippen LogP contribution in [0, 0.1) is 13.8 Å². The Morgan fingerprint density at radius 2 is 1.56 bits per heavy atom. The maximum absolute atomic E-state index is 13.0. The minimum atomic E-state index is -3.53. The lowest BCUT2D eigenvalue weighted by molar-refractivity contribution is 0.383. The van der Waals surface area contributed by atoms with Gasteiger partial charge in [-0.25, -0.2) is 8.42 Å². The first-order valence-electron chi connectivity index (χ1n) is 10.8. The SMILES string of the molecule is CCc1ccc(S(=O)(=O)N2CCN(c3ccc(=O)n(-c4ccc(C)c(C)c4)n3)CC2)cc1. The smallest absolute Gasteiger partial charge is 0.271 e. The van der Waals surface area contributed by atoms with Gasteiger partial charge in [-0.3, -0.25) is 4.79 Å². The van der Waals surface area contributed by atoms with Crippen LogP contribution in [-0.2, 0) is 16.4 Å². The van der Waals surface area contributed by atoms with Crippen LogP contribution in [0.3, 0.4) is 0 Å². The summed E-state index contributed by atoms with van der Waals surface area (Å²) < 4.78 is 29.0. The third kappa shape index (κ3) is 4.33. The van der Waals surface area contributed by atoms with Crippen molar-refractivity contribution in [2.45, 2.75) is 32.1 Å². The molecule has 8 heteroatoms. The normalized spacial score (nSPS) is 15.2. The topological polar surface area (TPSA) is 75.5 Å². The van der Waals surface area contributed by atoms with Gasteiger partial charge >= 0.3 is 0 Å². The average molecular weight is 453 g/mol. The zero-order chi connectivity index (χ0) is 22.9. The van der Waals surface area contributed by atoms with Crippen molar-refractivity contribution in [3.63, 3.8) is 0 Å². The van der Waals surface area contributed by atoms with Crippen LogP contribution in [0.25, 0.3) is 5.69 Å². The molecule has 7 nitrogen and oxygen atoms in total. The van der Waals surface area contributed by atoms with Gasteiger partial charge in [-0.1, -0.05) is 25.1 Å². The molecule has 0 bridgehead atoms. The molecule has 0 spiro atoms. The van der Waals surface area contributed by atoms with Gasteiger partial charge in [-0.05, 0) is 67.3 Å². The molecule has 0 saturated carbocycles. The summed E-state index contributed by atoms with van der Waals surface area (Å²) in [6, 6.07) is 16.1. The van der Waals surface area contributed by atoms with E-state index in [-0.39, 0.29) is 5.56 Å². The van der Waals surface area contributed by atoms with Crippen molar-refractivity contribution in [3.8, 4) is 5.69 Å². The quantitative estimate of drug-likeness (QED) is 0.595. The molecule has 1 aliphatic rings. The van der Waals surface area contributed by atoms with Crippen molar-refractivity contribution >= 4 is 15.8 Å². The van der Waals surface area contributed by atoms with Crippen molar-refractivity contribution in [2.75, 3.05) is 31.1 Å². The van der Waals surface area contributed by atoms with Gasteiger partial charge in [0.05, 0.1) is 10.6 Å². The van der Waals surface area contributed by atoms with E-state index in [2.05, 4.69) is 5.10 Å². The number of nitrogens with zero attached hydrogens (tertiary/aromatic N) is 4. The van der Waals surface area contributed by atoms with Crippen molar-refractivity contribution < 1.29 is 8.42 Å². The summed E-state index contributed by atoms with van der Waals surface area (Å²) >= 11 is 0. The average Bonchev–Trinajstić information content (AvgIpc) is 2.81. The highest BCUT2D eigenvalue weighted by Crippen LogP contribution is 2.21. The van der Waals surface area contributed by atoms with Crippen LogP contribution in [-0.4, -0.2) is 48.7 Å². The van der Waals surface area contributed by atoms with E-state index in [1.807, 2.05) is 56.0 Å². The molecule has 1 saturated heterocycles. The number of aryl methyl sites for hydroxylation is 3. The number of piperazine rings is 1. The number of hydrogen-bond acceptors (Lipinski definition) is 5. The van der Waals surface area contributed by atoms with Gasteiger partial charge in [0, 0.05) is 32.2 Å². The van der Waals surface area contributed by atoms with Crippen LogP contribution in [0.4, 0.5) is 5.82 Å². The first-order valence-corrected chi connectivity index (χ1v) is 12.3. The predicted octanol–water partition coefficient (Wildman–Crippen LogP) is 2.92. The molecule has 3 aromatic rings. The number of hydrogen-bond donors (Lipinski definition) is 0. The van der Waals surface area contributed by atoms with Crippen LogP contribution in [0.5, 0.6) is 0 Å². The fraction of sp³-hybridized carbons (Fsp3) is 0.333. The maximum Gasteiger partial charge on any atom is 0.271 e. The summed E-state index contributed by atoms with van der Waals surface area (Å²) in [5.74, 6) is 0.659. The molecule has 0 unspecified atom stereocenters. The summed E-state index contributed by atoms with van der Waals surface area (Å²) in [6.45, 7) is 7.81. The third-order valence-corrected chi connectivity index (χ3v) is 7.97. The lowest BCUT2D eigenvalue weighted by Crippen LogP contribution is -2.49. The van der Waals surface area contributed by atoms with E-state index < -0.39 is 10.0 Å². The van der Waals surface area contributed by atoms with Gasteiger partial charge in [-0.2, -0.15) is 8.99 Å². The minimum absolute atomic E-state index is 0.200. The van der Waals surface area contributed by atoms with Gasteiger partial charge in [-0.15, -0.1) is 5.10 Å². The van der Waals surface area contributed by atoms with E-state index in [1.54, 1.807) is 18.2 Å². The zero-order valence-electron chi connectivity index (χ0n) is 18.7. The number of sulfonamides is 1. The summed E-state index contributed by atoms with van der Waals surface area (Å²) in [5.41, 5.74) is 3.87. The van der Waals surface area contributed by atoms with E-state index in [9.17, 15) is 13.2 Å². The number of aromatic nitrogens is 2. The molecule has 0 aliphatic carbocycles. The summed E-state index contributed by atoms with van der Waals surface area (Å²) in [5, 5.41) is 4.56. The molecule has 4 rings (SSSR count). The maximum atomic E-state index is 13.0. The number of rotatable bonds is 5. The molecule has 2 heterocycles. The van der Waals surface area contributed by atoms with E-state index in [0.29, 0.717) is 36.9 Å². The Labute approximate surface area is 189 Å². The second-order valence-corrected chi connectivity index (χ2v) is 10.0. The molecule has 1 aromatic heterocycles. The summed E-state index contributed by atoms with van der Waals surface area (Å²) in [4.78, 5) is 14.8. The molecule has 168 valence electrons. The Balaban J connectivity index is 1.51. The van der Waals surface area contributed by atoms with Crippen LogP contribution < -0.4 is 10.5 Å². The number of benzene rings is 2. The van der Waals surface area contributed by atoms with E-state index in [1.165, 1.54) is 15.1 Å². The molecule has 1 aliphatic heterocycles. The molecule has 0 amide bonds. The van der Waals surface area contributed by atoms with Gasteiger partial charge in [0.15, 0.2) is 0 Å². The molecule has 32 heavy (non-hydrogen) atoms. The van der Waals surface area contributed by atoms with Gasteiger partial charge in [0.1, 0.15) is 5.82 Å². The predicted molar refractivity (Wildman–Crippen MR) is 126 cm³/mol. The third-order valence-electron chi connectivity index (χ3n) is 6.05. The highest BCUT2D eigenvalue weighted by atomic mass is 32.2. The van der Waals surface area contributed by atoms with Crippen LogP contribution in [0.2, 0.25) is 0 Å². The zero-order valence-corrected chi connectivity index (χ0v) is 19.5. The molecule has 2 aromatic carbocycles. The molecule has 1 fully saturated rings. The monoisotopic (exact) mass is 452 g/mol. The van der Waals surface area contributed by atoms with E-state index >= 15 is 0 Å². The Morgan fingerprint density at radius 3 is 2.19 bits per heavy atom. The second kappa shape index (κ2) is 8.88. The van der Waals surface area contributed by atoms with Crippen molar-refractivity contribution in [2.24, 2.45) is 0 Å². The van der Waals surface area contributed by atoms with Crippen LogP contribution >= 0.6 is 0 Å². The highest BCUT2D eigenvalue weighted by Gasteiger charge is 2.29. The van der Waals surface area contributed by atoms with Gasteiger partial charge < -0.3 is 4.90 Å². The fourth-order valence-corrected chi connectivity index (χ4v) is 5.24. The molecular weight excluding hydrogens is 424 g/mol. The Kier molecular flexibility index (Phi) is 6.17. The first-order chi connectivity index (χ1) is 15.3. The van der Waals surface area contributed by atoms with Crippen molar-refractivity contribution in [1.82, 2.24) is 14.1 Å². The Morgan fingerprint density at radius 1 is 0.875 bits per heavy atom. The summed E-state index contributed by atoms with van der Waals surface area (Å²) in [6.07, 6.45) is 0.871. The molecule has 0 atom stereocenters. The first kappa shape index (κ1) is 22.2. The Bertz CT molecular complexity index is 1280. The molecule has 0 N–H and O–H groups in total. The van der Waals surface area contributed by atoms with Crippen LogP contribution in [0.1, 0.15) is 23.6 Å². The van der Waals surface area contributed by atoms with Crippen LogP contribution in [0.15, 0.2) is 64.3 Å². The Hall–Kier alpha value is -2.97. The summed E-state index contributed by atoms with van der Waals surface area (Å²) in [7, 11) is -3.53. The van der Waals surface area contributed by atoms with Gasteiger partial charge in [0.2, 0.25) is 10.0 Å². The van der Waals surface area contributed by atoms with Crippen molar-refractivity contribution in [1.29, 1.82) is 0 Å². The van der Waals surface area contributed by atoms with E-state index in [4.69, 9.17) is 0 Å². The lowest BCUT2D eigenvalue weighted by Gasteiger charge is -2.34. The lowest BCUT2D eigenvalue weighted by atomic mass is 10.1. The van der Waals surface area contributed by atoms with Crippen molar-refractivity contribution in [3.05, 3.63) is 81.6 Å². The molecule has 0 radical (unpaired) electrons. The fourth-order valence-electron chi connectivity index (χ4n) is 3.82. The minimum Gasteiger partial charge on any atom is -0.353 e. The largest absolute Gasteiger partial charge is 0.353 e. The van der Waals surface area contributed by atoms with E-state index in [0.717, 1.165) is 28.8 Å². The number of anilines is 1. The standard InChI is InChI=1S/C24H28N4O3S/c1-4-20-6-9-22(10-7-20)32(30,31)27-15-13-26(14-16-27)23-11-12-24(29)28(25-23)21-8-5-18(2)19(3)17-21/h5-12,17H,4,13-16H2,1-3H3. The van der Waals surface area contributed by atoms with Gasteiger partial charge in [0.25, 0.3) is 5.56 Å². The second-order valence-electron chi connectivity index (χ2n) is 8.10. The molecular formula is C24H28N4O3S.